The van der Waals surface area contributed by atoms with Crippen LogP contribution >= 0.6 is 12.4 Å². The van der Waals surface area contributed by atoms with Crippen LogP contribution in [0, 0.1) is 5.82 Å². The first-order valence-electron chi connectivity index (χ1n) is 3.00. The molecule has 1 rings (SSSR count). The topological polar surface area (TPSA) is 49.9 Å². The van der Waals surface area contributed by atoms with E-state index in [-0.39, 0.29) is 18.0 Å². The van der Waals surface area contributed by atoms with Crippen molar-refractivity contribution in [3.8, 4) is 0 Å². The number of carbonyl (C=O) groups is 1. The molecule has 0 radical (unpaired) electrons. The summed E-state index contributed by atoms with van der Waals surface area (Å²) >= 11 is 0. The Morgan fingerprint density at radius 3 is 2.58 bits per heavy atom. The predicted molar refractivity (Wildman–Crippen MR) is 44.3 cm³/mol. The van der Waals surface area contributed by atoms with Crippen LogP contribution in [0.3, 0.4) is 0 Å². The maximum absolute atomic E-state index is 12.4. The van der Waals surface area contributed by atoms with Crippen molar-refractivity contribution in [2.45, 2.75) is 6.92 Å². The van der Waals surface area contributed by atoms with Crippen LogP contribution in [-0.4, -0.2) is 10.8 Å². The lowest BCUT2D eigenvalue weighted by atomic mass is 10.2. The zero-order chi connectivity index (χ0) is 8.43. The monoisotopic (exact) mass is 191 g/mol. The van der Waals surface area contributed by atoms with Gasteiger partial charge in [-0.1, -0.05) is 0 Å². The van der Waals surface area contributed by atoms with Crippen LogP contribution in [0.15, 0.2) is 17.1 Å². The average molecular weight is 192 g/mol. The van der Waals surface area contributed by atoms with E-state index in [1.54, 1.807) is 0 Å². The van der Waals surface area contributed by atoms with Gasteiger partial charge >= 0.3 is 0 Å². The number of ketones is 1. The molecule has 66 valence electrons. The van der Waals surface area contributed by atoms with E-state index in [0.29, 0.717) is 0 Å². The van der Waals surface area contributed by atoms with Crippen LogP contribution in [-0.2, 0) is 0 Å². The van der Waals surface area contributed by atoms with Crippen molar-refractivity contribution >= 4 is 18.2 Å². The van der Waals surface area contributed by atoms with Gasteiger partial charge in [-0.25, -0.2) is 4.39 Å². The van der Waals surface area contributed by atoms with Crippen molar-refractivity contribution in [2.75, 3.05) is 0 Å². The fourth-order valence-corrected chi connectivity index (χ4v) is 0.719. The second-order valence-electron chi connectivity index (χ2n) is 2.12. The number of halogens is 2. The quantitative estimate of drug-likeness (QED) is 0.677. The molecule has 0 fully saturated rings. The Hall–Kier alpha value is -1.16. The summed E-state index contributed by atoms with van der Waals surface area (Å²) in [5.41, 5.74) is -0.705. The molecule has 0 atom stereocenters. The molecule has 0 unspecified atom stereocenters. The van der Waals surface area contributed by atoms with Crippen LogP contribution in [0.25, 0.3) is 0 Å². The standard InChI is InChI=1S/C7H6FNO2.ClH/c1-4(10)6-2-5(8)3-9-7(6)11;/h2-3H,1H3,(H,9,11);1H. The van der Waals surface area contributed by atoms with Gasteiger partial charge in [0.25, 0.3) is 5.56 Å². The number of pyridine rings is 1. The fourth-order valence-electron chi connectivity index (χ4n) is 0.719. The Labute approximate surface area is 74.0 Å². The van der Waals surface area contributed by atoms with Crippen LogP contribution in [0.5, 0.6) is 0 Å². The van der Waals surface area contributed by atoms with Gasteiger partial charge in [-0.05, 0) is 13.0 Å². The maximum atomic E-state index is 12.4. The summed E-state index contributed by atoms with van der Waals surface area (Å²) in [4.78, 5) is 23.5. The molecule has 1 aromatic rings. The van der Waals surface area contributed by atoms with Crippen molar-refractivity contribution in [1.29, 1.82) is 0 Å². The Bertz CT molecular complexity index is 348. The number of carbonyl (C=O) groups excluding carboxylic acids is 1. The van der Waals surface area contributed by atoms with E-state index in [0.717, 1.165) is 12.3 Å². The number of hydrogen-bond acceptors (Lipinski definition) is 2. The number of nitrogens with one attached hydrogen (secondary N) is 1. The zero-order valence-electron chi connectivity index (χ0n) is 6.26. The Morgan fingerprint density at radius 2 is 2.17 bits per heavy atom. The van der Waals surface area contributed by atoms with Crippen LogP contribution in [0.4, 0.5) is 4.39 Å². The molecular weight excluding hydrogens is 185 g/mol. The number of aromatic nitrogens is 1. The zero-order valence-corrected chi connectivity index (χ0v) is 7.07. The molecule has 0 bridgehead atoms. The summed E-state index contributed by atoms with van der Waals surface area (Å²) in [6.45, 7) is 1.21. The minimum atomic E-state index is -0.616. The summed E-state index contributed by atoms with van der Waals surface area (Å²) in [6, 6.07) is 0.918. The number of hydrogen-bond donors (Lipinski definition) is 1. The molecule has 12 heavy (non-hydrogen) atoms. The van der Waals surface area contributed by atoms with E-state index in [4.69, 9.17) is 0 Å². The molecule has 0 saturated heterocycles. The van der Waals surface area contributed by atoms with Gasteiger partial charge in [-0.15, -0.1) is 12.4 Å². The van der Waals surface area contributed by atoms with Gasteiger partial charge in [0, 0.05) is 6.20 Å². The predicted octanol–water partition coefficient (Wildman–Crippen LogP) is 1.14. The van der Waals surface area contributed by atoms with Crippen molar-refractivity contribution in [2.24, 2.45) is 0 Å². The summed E-state index contributed by atoms with van der Waals surface area (Å²) in [7, 11) is 0. The third-order valence-corrected chi connectivity index (χ3v) is 1.25. The summed E-state index contributed by atoms with van der Waals surface area (Å²) < 4.78 is 12.4. The van der Waals surface area contributed by atoms with Crippen molar-refractivity contribution in [3.05, 3.63) is 34.0 Å². The Balaban J connectivity index is 0.00000121. The van der Waals surface area contributed by atoms with Crippen LogP contribution in [0.2, 0.25) is 0 Å². The molecule has 0 amide bonds. The highest BCUT2D eigenvalue weighted by molar-refractivity contribution is 5.93. The first-order chi connectivity index (χ1) is 5.11. The lowest BCUT2D eigenvalue weighted by molar-refractivity contribution is 0.101. The molecule has 1 aromatic heterocycles. The number of H-pyrrole nitrogens is 1. The summed E-state index contributed by atoms with van der Waals surface area (Å²) in [5, 5.41) is 0. The van der Waals surface area contributed by atoms with Gasteiger partial charge in [0.15, 0.2) is 5.78 Å². The highest BCUT2D eigenvalue weighted by Gasteiger charge is 2.05. The smallest absolute Gasteiger partial charge is 0.258 e. The third-order valence-electron chi connectivity index (χ3n) is 1.25. The van der Waals surface area contributed by atoms with E-state index in [1.165, 1.54) is 6.92 Å². The van der Waals surface area contributed by atoms with Gasteiger partial charge in [-0.2, -0.15) is 0 Å². The van der Waals surface area contributed by atoms with Gasteiger partial charge in [-0.3, -0.25) is 9.59 Å². The molecule has 0 aromatic carbocycles. The minimum absolute atomic E-state index is 0. The third kappa shape index (κ3) is 2.17. The molecule has 0 aliphatic carbocycles. The van der Waals surface area contributed by atoms with E-state index < -0.39 is 17.2 Å². The molecule has 1 N–H and O–H groups in total. The molecule has 0 saturated carbocycles. The Kier molecular flexibility index (Phi) is 3.63. The highest BCUT2D eigenvalue weighted by atomic mass is 35.5. The first kappa shape index (κ1) is 10.8. The fraction of sp³-hybridized carbons (Fsp3) is 0.143. The van der Waals surface area contributed by atoms with E-state index in [1.807, 2.05) is 0 Å². The van der Waals surface area contributed by atoms with Crippen molar-refractivity contribution in [1.82, 2.24) is 4.98 Å². The number of rotatable bonds is 1. The SMILES string of the molecule is CC(=O)c1cc(F)c[nH]c1=O.Cl. The maximum Gasteiger partial charge on any atom is 0.258 e. The Morgan fingerprint density at radius 1 is 1.58 bits per heavy atom. The van der Waals surface area contributed by atoms with E-state index in [9.17, 15) is 14.0 Å². The van der Waals surface area contributed by atoms with Gasteiger partial charge in [0.2, 0.25) is 0 Å². The minimum Gasteiger partial charge on any atom is -0.326 e. The summed E-state index contributed by atoms with van der Waals surface area (Å²) in [6.07, 6.45) is 0.911. The van der Waals surface area contributed by atoms with E-state index in [2.05, 4.69) is 4.98 Å². The second kappa shape index (κ2) is 4.01. The largest absolute Gasteiger partial charge is 0.326 e. The lowest BCUT2D eigenvalue weighted by Gasteiger charge is -1.92. The molecule has 5 heteroatoms. The van der Waals surface area contributed by atoms with Crippen molar-refractivity contribution < 1.29 is 9.18 Å². The molecule has 0 aliphatic heterocycles. The number of Topliss-reactive ketones (excluding diaryl/α,β-unsaturated/α-hetero) is 1. The van der Waals surface area contributed by atoms with Crippen LogP contribution < -0.4 is 5.56 Å². The van der Waals surface area contributed by atoms with Gasteiger partial charge < -0.3 is 4.98 Å². The molecule has 1 heterocycles. The van der Waals surface area contributed by atoms with E-state index >= 15 is 0 Å². The number of aromatic amines is 1. The van der Waals surface area contributed by atoms with Crippen molar-refractivity contribution in [3.63, 3.8) is 0 Å². The normalized spacial score (nSPS) is 8.83. The molecule has 0 aliphatic rings. The first-order valence-corrected chi connectivity index (χ1v) is 3.00. The summed E-state index contributed by atoms with van der Waals surface area (Å²) in [5.74, 6) is -1.06. The van der Waals surface area contributed by atoms with Crippen LogP contribution in [0.1, 0.15) is 17.3 Å². The van der Waals surface area contributed by atoms with Gasteiger partial charge in [0.1, 0.15) is 5.82 Å². The highest BCUT2D eigenvalue weighted by Crippen LogP contribution is 1.95. The average Bonchev–Trinajstić information content (AvgIpc) is 1.94. The van der Waals surface area contributed by atoms with Gasteiger partial charge in [0.05, 0.1) is 5.56 Å². The lowest BCUT2D eigenvalue weighted by Crippen LogP contribution is -2.15. The second-order valence-corrected chi connectivity index (χ2v) is 2.12. The molecular formula is C7H7ClFNO2. The molecule has 3 nitrogen and oxygen atoms in total. The molecule has 0 spiro atoms.